The maximum absolute atomic E-state index is 13.1. The van der Waals surface area contributed by atoms with E-state index in [-0.39, 0.29) is 23.9 Å². The summed E-state index contributed by atoms with van der Waals surface area (Å²) in [5, 5.41) is 11.2. The summed E-state index contributed by atoms with van der Waals surface area (Å²) in [7, 11) is 0. The van der Waals surface area contributed by atoms with Crippen LogP contribution in [0.5, 0.6) is 0 Å². The lowest BCUT2D eigenvalue weighted by atomic mass is 9.92. The van der Waals surface area contributed by atoms with Crippen LogP contribution in [0.15, 0.2) is 54.6 Å². The van der Waals surface area contributed by atoms with Crippen molar-refractivity contribution in [2.75, 3.05) is 23.7 Å². The van der Waals surface area contributed by atoms with E-state index in [0.717, 1.165) is 24.2 Å². The number of benzene rings is 2. The van der Waals surface area contributed by atoms with Crippen molar-refractivity contribution >= 4 is 46.6 Å². The van der Waals surface area contributed by atoms with Gasteiger partial charge in [0.05, 0.1) is 21.4 Å². The number of anilines is 2. The Morgan fingerprint density at radius 3 is 2.34 bits per heavy atom. The highest BCUT2D eigenvalue weighted by Crippen LogP contribution is 2.27. The zero-order chi connectivity index (χ0) is 25.6. The average molecular weight is 516 g/mol. The molecule has 9 heteroatoms. The Morgan fingerprint density at radius 2 is 1.71 bits per heavy atom. The van der Waals surface area contributed by atoms with E-state index in [1.54, 1.807) is 22.9 Å². The van der Waals surface area contributed by atoms with Crippen LogP contribution in [0.2, 0.25) is 10.0 Å². The first kappa shape index (κ1) is 26.6. The Bertz CT molecular complexity index is 1170. The van der Waals surface area contributed by atoms with Gasteiger partial charge in [0, 0.05) is 23.7 Å². The second-order valence-electron chi connectivity index (χ2n) is 9.29. The topological polar surface area (TPSA) is 79.3 Å². The van der Waals surface area contributed by atoms with E-state index in [9.17, 15) is 9.59 Å². The number of halogens is 2. The lowest BCUT2D eigenvalue weighted by molar-refractivity contribution is -0.116. The summed E-state index contributed by atoms with van der Waals surface area (Å²) in [6.45, 7) is 8.55. The van der Waals surface area contributed by atoms with Gasteiger partial charge in [-0.15, -0.1) is 0 Å². The normalized spacial score (nSPS) is 11.3. The molecule has 2 aromatic carbocycles. The molecule has 7 nitrogen and oxygen atoms in total. The Labute approximate surface area is 216 Å². The molecule has 35 heavy (non-hydrogen) atoms. The van der Waals surface area contributed by atoms with Crippen LogP contribution in [0.4, 0.5) is 16.3 Å². The van der Waals surface area contributed by atoms with Crippen LogP contribution in [0.3, 0.4) is 0 Å². The predicted octanol–water partition coefficient (Wildman–Crippen LogP) is 6.75. The maximum Gasteiger partial charge on any atom is 0.322 e. The van der Waals surface area contributed by atoms with Crippen molar-refractivity contribution in [1.82, 2.24) is 14.7 Å². The fourth-order valence-corrected chi connectivity index (χ4v) is 3.63. The first-order valence-corrected chi connectivity index (χ1v) is 12.3. The number of hydrogen-bond donors (Lipinski definition) is 2. The van der Waals surface area contributed by atoms with E-state index in [2.05, 4.69) is 31.4 Å². The Balaban J connectivity index is 1.78. The molecule has 0 bridgehead atoms. The van der Waals surface area contributed by atoms with Gasteiger partial charge in [0.15, 0.2) is 0 Å². The molecular weight excluding hydrogens is 485 g/mol. The minimum Gasteiger partial charge on any atom is -0.315 e. The summed E-state index contributed by atoms with van der Waals surface area (Å²) >= 11 is 12.0. The Morgan fingerprint density at radius 1 is 1.00 bits per heavy atom. The molecule has 3 rings (SSSR count). The van der Waals surface area contributed by atoms with E-state index in [1.807, 2.05) is 43.3 Å². The van der Waals surface area contributed by atoms with Crippen LogP contribution in [0.25, 0.3) is 5.69 Å². The third-order valence-corrected chi connectivity index (χ3v) is 6.06. The molecule has 1 heterocycles. The summed E-state index contributed by atoms with van der Waals surface area (Å²) in [5.41, 5.74) is 1.98. The van der Waals surface area contributed by atoms with Gasteiger partial charge in [0.1, 0.15) is 12.4 Å². The van der Waals surface area contributed by atoms with Crippen LogP contribution in [0.1, 0.15) is 46.2 Å². The lowest BCUT2D eigenvalue weighted by Gasteiger charge is -2.22. The van der Waals surface area contributed by atoms with E-state index < -0.39 is 0 Å². The summed E-state index contributed by atoms with van der Waals surface area (Å²) in [5.74, 6) is 0.231. The molecule has 0 spiro atoms. The first-order valence-electron chi connectivity index (χ1n) is 11.5. The summed E-state index contributed by atoms with van der Waals surface area (Å²) in [4.78, 5) is 27.5. The van der Waals surface area contributed by atoms with Crippen molar-refractivity contribution < 1.29 is 9.59 Å². The van der Waals surface area contributed by atoms with Crippen molar-refractivity contribution in [3.05, 3.63) is 70.3 Å². The molecule has 0 aliphatic carbocycles. The highest BCUT2D eigenvalue weighted by molar-refractivity contribution is 6.42. The number of nitrogens with one attached hydrogen (secondary N) is 2. The van der Waals surface area contributed by atoms with Crippen molar-refractivity contribution in [3.63, 3.8) is 0 Å². The number of para-hydroxylation sites is 1. The van der Waals surface area contributed by atoms with Gasteiger partial charge in [-0.1, -0.05) is 75.5 Å². The first-order chi connectivity index (χ1) is 16.6. The molecule has 186 valence electrons. The molecule has 0 atom stereocenters. The number of hydrogen-bond acceptors (Lipinski definition) is 3. The molecule has 0 saturated heterocycles. The summed E-state index contributed by atoms with van der Waals surface area (Å²) in [6, 6.07) is 15.9. The van der Waals surface area contributed by atoms with Gasteiger partial charge in [0.2, 0.25) is 5.91 Å². The summed E-state index contributed by atoms with van der Waals surface area (Å²) in [6.07, 6.45) is 1.64. The molecule has 0 radical (unpaired) electrons. The standard InChI is InChI=1S/C26H31Cl2N5O2/c1-5-6-14-32(25(35)29-18-12-13-20(27)21(28)15-18)17-24(34)30-23-16-22(26(2,3)4)31-33(23)19-10-8-7-9-11-19/h7-13,15-16H,5-6,14,17H2,1-4H3,(H,29,35)(H,30,34). The number of carbonyl (C=O) groups excluding carboxylic acids is 2. The van der Waals surface area contributed by atoms with E-state index >= 15 is 0 Å². The van der Waals surface area contributed by atoms with Crippen molar-refractivity contribution in [2.45, 2.75) is 46.0 Å². The lowest BCUT2D eigenvalue weighted by Crippen LogP contribution is -2.41. The molecule has 1 aromatic heterocycles. The molecule has 0 saturated carbocycles. The number of amides is 3. The highest BCUT2D eigenvalue weighted by Gasteiger charge is 2.23. The van der Waals surface area contributed by atoms with E-state index in [1.165, 1.54) is 4.90 Å². The van der Waals surface area contributed by atoms with Crippen molar-refractivity contribution in [3.8, 4) is 5.69 Å². The Kier molecular flexibility index (Phi) is 8.81. The van der Waals surface area contributed by atoms with Crippen LogP contribution in [-0.4, -0.2) is 39.7 Å². The summed E-state index contributed by atoms with van der Waals surface area (Å²) < 4.78 is 1.71. The fraction of sp³-hybridized carbons (Fsp3) is 0.346. The van der Waals surface area contributed by atoms with Gasteiger partial charge in [-0.25, -0.2) is 9.48 Å². The second-order valence-corrected chi connectivity index (χ2v) is 10.1. The highest BCUT2D eigenvalue weighted by atomic mass is 35.5. The number of rotatable bonds is 8. The predicted molar refractivity (Wildman–Crippen MR) is 143 cm³/mol. The van der Waals surface area contributed by atoms with Crippen LogP contribution in [-0.2, 0) is 10.2 Å². The van der Waals surface area contributed by atoms with Crippen LogP contribution in [0, 0.1) is 0 Å². The van der Waals surface area contributed by atoms with Gasteiger partial charge in [-0.05, 0) is 36.8 Å². The quantitative estimate of drug-likeness (QED) is 0.348. The van der Waals surface area contributed by atoms with Gasteiger partial charge in [-0.2, -0.15) is 5.10 Å². The molecular formula is C26H31Cl2N5O2. The number of unbranched alkanes of at least 4 members (excludes halogenated alkanes) is 1. The van der Waals surface area contributed by atoms with Gasteiger partial charge in [0.25, 0.3) is 0 Å². The number of nitrogens with zero attached hydrogens (tertiary/aromatic N) is 3. The third-order valence-electron chi connectivity index (χ3n) is 5.32. The third kappa shape index (κ3) is 7.23. The zero-order valence-corrected chi connectivity index (χ0v) is 22.0. The number of urea groups is 1. The van der Waals surface area contributed by atoms with Gasteiger partial charge >= 0.3 is 6.03 Å². The molecule has 3 aromatic rings. The zero-order valence-electron chi connectivity index (χ0n) is 20.4. The maximum atomic E-state index is 13.1. The van der Waals surface area contributed by atoms with Gasteiger partial charge in [-0.3, -0.25) is 4.79 Å². The van der Waals surface area contributed by atoms with Crippen LogP contribution >= 0.6 is 23.2 Å². The molecule has 0 fully saturated rings. The number of aromatic nitrogens is 2. The molecule has 0 unspecified atom stereocenters. The molecule has 3 amide bonds. The second kappa shape index (κ2) is 11.6. The monoisotopic (exact) mass is 515 g/mol. The smallest absolute Gasteiger partial charge is 0.315 e. The van der Waals surface area contributed by atoms with Crippen molar-refractivity contribution in [1.29, 1.82) is 0 Å². The molecule has 2 N–H and O–H groups in total. The number of carbonyl (C=O) groups is 2. The van der Waals surface area contributed by atoms with E-state index in [4.69, 9.17) is 28.3 Å². The fourth-order valence-electron chi connectivity index (χ4n) is 3.34. The molecule has 0 aliphatic rings. The molecule has 0 aliphatic heterocycles. The van der Waals surface area contributed by atoms with Crippen LogP contribution < -0.4 is 10.6 Å². The van der Waals surface area contributed by atoms with E-state index in [0.29, 0.717) is 28.1 Å². The SMILES string of the molecule is CCCCN(CC(=O)Nc1cc(C(C)(C)C)nn1-c1ccccc1)C(=O)Nc1ccc(Cl)c(Cl)c1. The minimum absolute atomic E-state index is 0.113. The van der Waals surface area contributed by atoms with Crippen molar-refractivity contribution in [2.24, 2.45) is 0 Å². The largest absolute Gasteiger partial charge is 0.322 e. The average Bonchev–Trinajstić information content (AvgIpc) is 3.24. The minimum atomic E-state index is -0.390. The Hall–Kier alpha value is -3.03. The van der Waals surface area contributed by atoms with Gasteiger partial charge < -0.3 is 15.5 Å².